The fourth-order valence-electron chi connectivity index (χ4n) is 2.63. The number of fused-ring (bicyclic) bond motifs is 1. The first-order valence-electron chi connectivity index (χ1n) is 7.48. The number of rotatable bonds is 3. The van der Waals surface area contributed by atoms with Gasteiger partial charge in [0.05, 0.1) is 17.3 Å². The van der Waals surface area contributed by atoms with Crippen LogP contribution in [0.2, 0.25) is 0 Å². The third-order valence-electron chi connectivity index (χ3n) is 3.82. The highest BCUT2D eigenvalue weighted by atomic mass is 32.1. The molecule has 0 spiro atoms. The average molecular weight is 374 g/mol. The molecule has 132 valence electrons. The van der Waals surface area contributed by atoms with Crippen LogP contribution in [0.5, 0.6) is 0 Å². The summed E-state index contributed by atoms with van der Waals surface area (Å²) in [4.78, 5) is 29.7. The molecule has 0 bridgehead atoms. The van der Waals surface area contributed by atoms with Crippen molar-refractivity contribution in [2.45, 2.75) is 13.3 Å². The number of nitrogens with one attached hydrogen (secondary N) is 1. The number of nitriles is 1. The highest BCUT2D eigenvalue weighted by Crippen LogP contribution is 2.21. The highest BCUT2D eigenvalue weighted by Gasteiger charge is 2.19. The van der Waals surface area contributed by atoms with Gasteiger partial charge in [0, 0.05) is 24.4 Å². The van der Waals surface area contributed by atoms with E-state index in [4.69, 9.17) is 5.26 Å². The normalized spacial score (nSPS) is 10.7. The van der Waals surface area contributed by atoms with E-state index in [1.807, 2.05) is 0 Å². The fourth-order valence-corrected chi connectivity index (χ4v) is 3.62. The molecule has 0 fully saturated rings. The molecular weight excluding hydrogens is 362 g/mol. The molecule has 0 atom stereocenters. The molecule has 1 aromatic carbocycles. The van der Waals surface area contributed by atoms with Crippen LogP contribution in [0.1, 0.15) is 32.2 Å². The van der Waals surface area contributed by atoms with Gasteiger partial charge in [-0.2, -0.15) is 5.26 Å². The van der Waals surface area contributed by atoms with Crippen LogP contribution < -0.4 is 10.9 Å². The van der Waals surface area contributed by atoms with E-state index >= 15 is 0 Å². The van der Waals surface area contributed by atoms with E-state index in [-0.39, 0.29) is 23.2 Å². The second-order valence-corrected chi connectivity index (χ2v) is 6.68. The number of hydrogen-bond donors (Lipinski definition) is 1. The molecule has 0 unspecified atom stereocenters. The van der Waals surface area contributed by atoms with Gasteiger partial charge >= 0.3 is 0 Å². The number of halogens is 2. The van der Waals surface area contributed by atoms with Gasteiger partial charge in [-0.15, -0.1) is 11.3 Å². The van der Waals surface area contributed by atoms with Crippen molar-refractivity contribution in [3.63, 3.8) is 0 Å². The molecule has 2 aromatic heterocycles. The standard InChI is InChI=1S/C17H12F2N4O2S/c1-8-15(16(25)21-2)23-14(24)6-11(22-17(23)26-8)3-9-4-12(18)13(19)5-10(9)7-20/h4-6H,3H2,1-2H3,(H,21,25). The molecule has 1 amide bonds. The molecular formula is C17H12F2N4O2S. The topological polar surface area (TPSA) is 87.3 Å². The Morgan fingerprint density at radius 1 is 1.35 bits per heavy atom. The van der Waals surface area contributed by atoms with Gasteiger partial charge in [-0.05, 0) is 24.6 Å². The number of hydrogen-bond acceptors (Lipinski definition) is 5. The Kier molecular flexibility index (Phi) is 4.52. The highest BCUT2D eigenvalue weighted by molar-refractivity contribution is 7.17. The summed E-state index contributed by atoms with van der Waals surface area (Å²) >= 11 is 1.17. The predicted octanol–water partition coefficient (Wildman–Crippen LogP) is 2.16. The number of thiazole rings is 1. The molecule has 3 rings (SSSR count). The second-order valence-electron chi connectivity index (χ2n) is 5.50. The molecule has 2 heterocycles. The van der Waals surface area contributed by atoms with Crippen LogP contribution in [-0.2, 0) is 6.42 Å². The number of carbonyl (C=O) groups is 1. The van der Waals surface area contributed by atoms with Crippen LogP contribution >= 0.6 is 11.3 Å². The van der Waals surface area contributed by atoms with E-state index in [0.717, 1.165) is 12.1 Å². The Morgan fingerprint density at radius 2 is 2.04 bits per heavy atom. The van der Waals surface area contributed by atoms with Crippen molar-refractivity contribution in [1.82, 2.24) is 14.7 Å². The molecule has 3 aromatic rings. The Hall–Kier alpha value is -3.12. The van der Waals surface area contributed by atoms with Gasteiger partial charge in [-0.1, -0.05) is 0 Å². The van der Waals surface area contributed by atoms with E-state index in [2.05, 4.69) is 10.3 Å². The summed E-state index contributed by atoms with van der Waals surface area (Å²) in [5.74, 6) is -2.60. The third kappa shape index (κ3) is 2.95. The number of benzene rings is 1. The minimum atomic E-state index is -1.11. The molecule has 0 aliphatic carbocycles. The van der Waals surface area contributed by atoms with E-state index in [1.54, 1.807) is 13.0 Å². The minimum Gasteiger partial charge on any atom is -0.354 e. The second kappa shape index (κ2) is 6.65. The summed E-state index contributed by atoms with van der Waals surface area (Å²) in [6, 6.07) is 4.76. The minimum absolute atomic E-state index is 0.0158. The van der Waals surface area contributed by atoms with Crippen LogP contribution in [0.3, 0.4) is 0 Å². The Morgan fingerprint density at radius 3 is 2.69 bits per heavy atom. The number of carbonyl (C=O) groups excluding carboxylic acids is 1. The van der Waals surface area contributed by atoms with E-state index in [1.165, 1.54) is 28.9 Å². The van der Waals surface area contributed by atoms with Gasteiger partial charge in [0.15, 0.2) is 16.6 Å². The maximum atomic E-state index is 13.5. The summed E-state index contributed by atoms with van der Waals surface area (Å²) < 4.78 is 28.0. The number of nitrogens with zero attached hydrogens (tertiary/aromatic N) is 3. The van der Waals surface area contributed by atoms with Crippen LogP contribution in [0, 0.1) is 29.9 Å². The van der Waals surface area contributed by atoms with Crippen molar-refractivity contribution in [3.05, 3.63) is 67.6 Å². The Bertz CT molecular complexity index is 1140. The average Bonchev–Trinajstić information content (AvgIpc) is 2.93. The Labute approximate surface area is 150 Å². The summed E-state index contributed by atoms with van der Waals surface area (Å²) in [5.41, 5.74) is 0.236. The zero-order chi connectivity index (χ0) is 19.0. The summed E-state index contributed by atoms with van der Waals surface area (Å²) in [6.07, 6.45) is -0.0158. The maximum Gasteiger partial charge on any atom is 0.269 e. The molecule has 0 aliphatic heterocycles. The van der Waals surface area contributed by atoms with Crippen LogP contribution in [0.25, 0.3) is 4.96 Å². The lowest BCUT2D eigenvalue weighted by molar-refractivity contribution is 0.0956. The Balaban J connectivity index is 2.12. The van der Waals surface area contributed by atoms with Crippen LogP contribution in [0.4, 0.5) is 8.78 Å². The molecule has 0 saturated carbocycles. The van der Waals surface area contributed by atoms with E-state index < -0.39 is 23.1 Å². The van der Waals surface area contributed by atoms with Crippen LogP contribution in [0.15, 0.2) is 23.0 Å². The lowest BCUT2D eigenvalue weighted by atomic mass is 10.0. The molecule has 6 nitrogen and oxygen atoms in total. The SMILES string of the molecule is CNC(=O)c1c(C)sc2nc(Cc3cc(F)c(F)cc3C#N)cc(=O)n12. The zero-order valence-corrected chi connectivity index (χ0v) is 14.6. The third-order valence-corrected chi connectivity index (χ3v) is 4.78. The van der Waals surface area contributed by atoms with Crippen molar-refractivity contribution < 1.29 is 13.6 Å². The fraction of sp³-hybridized carbons (Fsp3) is 0.176. The summed E-state index contributed by atoms with van der Waals surface area (Å²) in [7, 11) is 1.46. The van der Waals surface area contributed by atoms with E-state index in [0.29, 0.717) is 15.5 Å². The van der Waals surface area contributed by atoms with Crippen molar-refractivity contribution in [2.24, 2.45) is 0 Å². The van der Waals surface area contributed by atoms with Gasteiger partial charge in [0.25, 0.3) is 11.5 Å². The van der Waals surface area contributed by atoms with Crippen molar-refractivity contribution >= 4 is 22.2 Å². The predicted molar refractivity (Wildman–Crippen MR) is 91.3 cm³/mol. The lowest BCUT2D eigenvalue weighted by Gasteiger charge is -2.06. The largest absolute Gasteiger partial charge is 0.354 e. The van der Waals surface area contributed by atoms with E-state index in [9.17, 15) is 18.4 Å². The summed E-state index contributed by atoms with van der Waals surface area (Å²) in [5, 5.41) is 11.6. The van der Waals surface area contributed by atoms with Gasteiger partial charge in [-0.3, -0.25) is 9.59 Å². The zero-order valence-electron chi connectivity index (χ0n) is 13.8. The van der Waals surface area contributed by atoms with Crippen molar-refractivity contribution in [1.29, 1.82) is 5.26 Å². The molecule has 26 heavy (non-hydrogen) atoms. The molecule has 0 radical (unpaired) electrons. The number of aromatic nitrogens is 2. The first-order valence-corrected chi connectivity index (χ1v) is 8.29. The van der Waals surface area contributed by atoms with Crippen molar-refractivity contribution in [2.75, 3.05) is 7.05 Å². The monoisotopic (exact) mass is 374 g/mol. The first kappa shape index (κ1) is 17.7. The quantitative estimate of drug-likeness (QED) is 0.761. The first-order chi connectivity index (χ1) is 12.3. The number of aryl methyl sites for hydroxylation is 1. The van der Waals surface area contributed by atoms with Gasteiger partial charge in [-0.25, -0.2) is 18.2 Å². The van der Waals surface area contributed by atoms with Crippen LogP contribution in [-0.4, -0.2) is 22.3 Å². The molecule has 0 aliphatic rings. The number of amides is 1. The summed E-state index contributed by atoms with van der Waals surface area (Å²) in [6.45, 7) is 1.70. The maximum absolute atomic E-state index is 13.5. The van der Waals surface area contributed by atoms with Gasteiger partial charge < -0.3 is 5.32 Å². The van der Waals surface area contributed by atoms with Crippen molar-refractivity contribution in [3.8, 4) is 6.07 Å². The smallest absolute Gasteiger partial charge is 0.269 e. The molecule has 1 N–H and O–H groups in total. The van der Waals surface area contributed by atoms with Gasteiger partial charge in [0.2, 0.25) is 0 Å². The molecule has 0 saturated heterocycles. The van der Waals surface area contributed by atoms with Gasteiger partial charge in [0.1, 0.15) is 5.69 Å². The molecule has 9 heteroatoms. The lowest BCUT2D eigenvalue weighted by Crippen LogP contribution is -2.25.